The van der Waals surface area contributed by atoms with E-state index in [-0.39, 0.29) is 5.91 Å². The number of hydrogen-bond donors (Lipinski definition) is 1. The second kappa shape index (κ2) is 9.15. The zero-order chi connectivity index (χ0) is 19.0. The molecule has 2 aromatic carbocycles. The molecular formula is C21H25NO4. The molecule has 0 bridgehead atoms. The number of carbonyl (C=O) groups excluding carboxylic acids is 2. The van der Waals surface area contributed by atoms with Gasteiger partial charge in [0.05, 0.1) is 0 Å². The molecule has 0 fully saturated rings. The van der Waals surface area contributed by atoms with Crippen LogP contribution in [0, 0.1) is 0 Å². The van der Waals surface area contributed by atoms with Gasteiger partial charge in [-0.15, -0.1) is 0 Å². The van der Waals surface area contributed by atoms with Crippen LogP contribution >= 0.6 is 0 Å². The number of amides is 1. The molecule has 26 heavy (non-hydrogen) atoms. The molecule has 5 nitrogen and oxygen atoms in total. The van der Waals surface area contributed by atoms with Crippen molar-refractivity contribution in [2.45, 2.75) is 32.5 Å². The van der Waals surface area contributed by atoms with Gasteiger partial charge in [-0.05, 0) is 31.9 Å². The largest absolute Gasteiger partial charge is 0.450 e. The van der Waals surface area contributed by atoms with Crippen molar-refractivity contribution in [1.82, 2.24) is 5.32 Å². The first kappa shape index (κ1) is 19.7. The van der Waals surface area contributed by atoms with Crippen molar-refractivity contribution in [2.75, 3.05) is 13.2 Å². The summed E-state index contributed by atoms with van der Waals surface area (Å²) in [4.78, 5) is 25.3. The highest BCUT2D eigenvalue weighted by Crippen LogP contribution is 2.35. The molecule has 5 heteroatoms. The van der Waals surface area contributed by atoms with Crippen LogP contribution < -0.4 is 5.32 Å². The Labute approximate surface area is 154 Å². The van der Waals surface area contributed by atoms with Crippen molar-refractivity contribution < 1.29 is 19.1 Å². The van der Waals surface area contributed by atoms with Gasteiger partial charge >= 0.3 is 5.97 Å². The first-order chi connectivity index (χ1) is 12.6. The number of likely N-dealkylation sites (N-methyl/N-ethyl adjacent to an activating group) is 1. The molecule has 0 unspecified atom stereocenters. The lowest BCUT2D eigenvalue weighted by Gasteiger charge is -2.33. The molecule has 0 spiro atoms. The second-order valence-electron chi connectivity index (χ2n) is 5.79. The average Bonchev–Trinajstić information content (AvgIpc) is 2.67. The van der Waals surface area contributed by atoms with Gasteiger partial charge in [0.25, 0.3) is 5.91 Å². The van der Waals surface area contributed by atoms with Crippen LogP contribution in [0.2, 0.25) is 0 Å². The fourth-order valence-electron chi connectivity index (χ4n) is 2.81. The molecule has 0 aliphatic heterocycles. The SMILES string of the molecule is CCNC(=O)[C@@H](C)OC(=O)C(OCC)(c1ccccc1)c1ccccc1. The summed E-state index contributed by atoms with van der Waals surface area (Å²) in [5.41, 5.74) is -0.125. The minimum atomic E-state index is -1.43. The van der Waals surface area contributed by atoms with Crippen LogP contribution in [0.1, 0.15) is 31.9 Å². The van der Waals surface area contributed by atoms with E-state index in [1.54, 1.807) is 6.92 Å². The van der Waals surface area contributed by atoms with E-state index in [4.69, 9.17) is 9.47 Å². The third kappa shape index (κ3) is 4.11. The number of hydrogen-bond acceptors (Lipinski definition) is 4. The lowest BCUT2D eigenvalue weighted by molar-refractivity contribution is -0.175. The lowest BCUT2D eigenvalue weighted by atomic mass is 9.86. The molecule has 0 aliphatic carbocycles. The maximum Gasteiger partial charge on any atom is 0.348 e. The Morgan fingerprint density at radius 1 is 0.962 bits per heavy atom. The van der Waals surface area contributed by atoms with Gasteiger partial charge in [0, 0.05) is 13.2 Å². The molecule has 1 amide bonds. The van der Waals surface area contributed by atoms with Gasteiger partial charge in [0.15, 0.2) is 6.10 Å². The summed E-state index contributed by atoms with van der Waals surface area (Å²) >= 11 is 0. The van der Waals surface area contributed by atoms with Gasteiger partial charge in [-0.3, -0.25) is 4.79 Å². The van der Waals surface area contributed by atoms with E-state index in [2.05, 4.69) is 5.32 Å². The number of nitrogens with one attached hydrogen (secondary N) is 1. The van der Waals surface area contributed by atoms with E-state index < -0.39 is 17.7 Å². The topological polar surface area (TPSA) is 64.6 Å². The van der Waals surface area contributed by atoms with Crippen molar-refractivity contribution >= 4 is 11.9 Å². The average molecular weight is 355 g/mol. The quantitative estimate of drug-likeness (QED) is 0.739. The predicted molar refractivity (Wildman–Crippen MR) is 99.5 cm³/mol. The minimum absolute atomic E-state index is 0.300. The standard InChI is InChI=1S/C21H25NO4/c1-4-22-19(23)16(3)26-20(24)21(25-5-2,17-12-8-6-9-13-17)18-14-10-7-11-15-18/h6-16H,4-5H2,1-3H3,(H,22,23)/t16-/m1/s1. The summed E-state index contributed by atoms with van der Waals surface area (Å²) in [7, 11) is 0. The monoisotopic (exact) mass is 355 g/mol. The van der Waals surface area contributed by atoms with E-state index in [1.807, 2.05) is 74.5 Å². The molecule has 0 saturated heterocycles. The van der Waals surface area contributed by atoms with Crippen molar-refractivity contribution in [2.24, 2.45) is 0 Å². The number of benzene rings is 2. The molecule has 1 atom stereocenters. The van der Waals surface area contributed by atoms with Crippen LogP contribution in [-0.2, 0) is 24.7 Å². The van der Waals surface area contributed by atoms with Crippen molar-refractivity contribution in [3.8, 4) is 0 Å². The van der Waals surface area contributed by atoms with Crippen LogP contribution in [0.5, 0.6) is 0 Å². The van der Waals surface area contributed by atoms with Gasteiger partial charge in [-0.2, -0.15) is 0 Å². The summed E-state index contributed by atoms with van der Waals surface area (Å²) in [6.45, 7) is 5.95. The van der Waals surface area contributed by atoms with Crippen LogP contribution in [0.4, 0.5) is 0 Å². The first-order valence-electron chi connectivity index (χ1n) is 8.80. The van der Waals surface area contributed by atoms with Gasteiger partial charge < -0.3 is 14.8 Å². The zero-order valence-electron chi connectivity index (χ0n) is 15.4. The van der Waals surface area contributed by atoms with Crippen molar-refractivity contribution in [3.63, 3.8) is 0 Å². The van der Waals surface area contributed by atoms with Gasteiger partial charge in [0.2, 0.25) is 5.60 Å². The molecule has 0 aliphatic rings. The fraction of sp³-hybridized carbons (Fsp3) is 0.333. The van der Waals surface area contributed by atoms with Gasteiger partial charge in [-0.1, -0.05) is 60.7 Å². The molecule has 0 radical (unpaired) electrons. The summed E-state index contributed by atoms with van der Waals surface area (Å²) < 4.78 is 11.5. The third-order valence-electron chi connectivity index (χ3n) is 4.01. The Bertz CT molecular complexity index is 676. The Morgan fingerprint density at radius 2 is 1.46 bits per heavy atom. The normalized spacial score (nSPS) is 12.3. The van der Waals surface area contributed by atoms with E-state index in [0.717, 1.165) is 0 Å². The maximum atomic E-state index is 13.2. The van der Waals surface area contributed by atoms with Gasteiger partial charge in [0.1, 0.15) is 0 Å². The highest BCUT2D eigenvalue weighted by molar-refractivity contribution is 5.89. The summed E-state index contributed by atoms with van der Waals surface area (Å²) in [6, 6.07) is 18.4. The van der Waals surface area contributed by atoms with E-state index in [9.17, 15) is 9.59 Å². The second-order valence-corrected chi connectivity index (χ2v) is 5.79. The Balaban J connectivity index is 2.49. The zero-order valence-corrected chi connectivity index (χ0v) is 15.4. The van der Waals surface area contributed by atoms with Crippen molar-refractivity contribution in [1.29, 1.82) is 0 Å². The number of carbonyl (C=O) groups is 2. The molecule has 138 valence electrons. The van der Waals surface area contributed by atoms with Crippen LogP contribution in [-0.4, -0.2) is 31.1 Å². The Morgan fingerprint density at radius 3 is 1.88 bits per heavy atom. The number of rotatable bonds is 8. The predicted octanol–water partition coefficient (Wildman–Crippen LogP) is 3.03. The Hall–Kier alpha value is -2.66. The van der Waals surface area contributed by atoms with E-state index in [0.29, 0.717) is 24.3 Å². The summed E-state index contributed by atoms with van der Waals surface area (Å²) in [5.74, 6) is -0.956. The maximum absolute atomic E-state index is 13.2. The molecule has 0 heterocycles. The van der Waals surface area contributed by atoms with E-state index >= 15 is 0 Å². The summed E-state index contributed by atoms with van der Waals surface area (Å²) in [6.07, 6.45) is -0.922. The van der Waals surface area contributed by atoms with Crippen molar-refractivity contribution in [3.05, 3.63) is 71.8 Å². The summed E-state index contributed by atoms with van der Waals surface area (Å²) in [5, 5.41) is 2.66. The fourth-order valence-corrected chi connectivity index (χ4v) is 2.81. The third-order valence-corrected chi connectivity index (χ3v) is 4.01. The van der Waals surface area contributed by atoms with Crippen LogP contribution in [0.15, 0.2) is 60.7 Å². The highest BCUT2D eigenvalue weighted by Gasteiger charge is 2.45. The first-order valence-corrected chi connectivity index (χ1v) is 8.80. The van der Waals surface area contributed by atoms with Crippen LogP contribution in [0.3, 0.4) is 0 Å². The number of ether oxygens (including phenoxy) is 2. The molecule has 2 aromatic rings. The molecule has 0 aromatic heterocycles. The highest BCUT2D eigenvalue weighted by atomic mass is 16.6. The Kier molecular flexibility index (Phi) is 6.92. The van der Waals surface area contributed by atoms with Crippen LogP contribution in [0.25, 0.3) is 0 Å². The number of esters is 1. The van der Waals surface area contributed by atoms with Gasteiger partial charge in [-0.25, -0.2) is 4.79 Å². The lowest BCUT2D eigenvalue weighted by Crippen LogP contribution is -2.45. The molecule has 0 saturated carbocycles. The molecular weight excluding hydrogens is 330 g/mol. The smallest absolute Gasteiger partial charge is 0.348 e. The van der Waals surface area contributed by atoms with E-state index in [1.165, 1.54) is 0 Å². The minimum Gasteiger partial charge on any atom is -0.450 e. The molecule has 2 rings (SSSR count). The molecule has 1 N–H and O–H groups in total.